The van der Waals surface area contributed by atoms with Crippen molar-refractivity contribution in [2.75, 3.05) is 4.72 Å². The molecular weight excluding hydrogens is 430 g/mol. The summed E-state index contributed by atoms with van der Waals surface area (Å²) in [5.74, 6) is 0. The SMILES string of the molecule is O=S(=O)(Nc1cccc2ccccc12)c1cccc(Br)c1Br. The molecule has 0 radical (unpaired) electrons. The van der Waals surface area contributed by atoms with Gasteiger partial charge in [-0.15, -0.1) is 0 Å². The average Bonchev–Trinajstić information content (AvgIpc) is 2.50. The van der Waals surface area contributed by atoms with E-state index >= 15 is 0 Å². The molecule has 0 saturated carbocycles. The van der Waals surface area contributed by atoms with Crippen molar-refractivity contribution >= 4 is 58.3 Å². The van der Waals surface area contributed by atoms with Crippen LogP contribution in [0.5, 0.6) is 0 Å². The summed E-state index contributed by atoms with van der Waals surface area (Å²) in [5, 5.41) is 1.84. The molecule has 0 aliphatic carbocycles. The van der Waals surface area contributed by atoms with Crippen molar-refractivity contribution in [3.05, 3.63) is 69.6 Å². The van der Waals surface area contributed by atoms with Crippen LogP contribution in [0.3, 0.4) is 0 Å². The summed E-state index contributed by atoms with van der Waals surface area (Å²) in [6.45, 7) is 0. The molecule has 1 N–H and O–H groups in total. The van der Waals surface area contributed by atoms with Crippen molar-refractivity contribution in [2.24, 2.45) is 0 Å². The van der Waals surface area contributed by atoms with Crippen LogP contribution in [0.25, 0.3) is 10.8 Å². The van der Waals surface area contributed by atoms with E-state index in [1.807, 2.05) is 36.4 Å². The maximum Gasteiger partial charge on any atom is 0.263 e. The zero-order chi connectivity index (χ0) is 15.7. The van der Waals surface area contributed by atoms with E-state index < -0.39 is 10.0 Å². The predicted octanol–water partition coefficient (Wildman–Crippen LogP) is 5.17. The molecule has 0 fully saturated rings. The minimum Gasteiger partial charge on any atom is -0.279 e. The highest BCUT2D eigenvalue weighted by molar-refractivity contribution is 9.13. The zero-order valence-electron chi connectivity index (χ0n) is 11.3. The van der Waals surface area contributed by atoms with E-state index in [0.717, 1.165) is 10.8 Å². The van der Waals surface area contributed by atoms with Gasteiger partial charge in [0, 0.05) is 9.86 Å². The first-order valence-corrected chi connectivity index (χ1v) is 9.50. The summed E-state index contributed by atoms with van der Waals surface area (Å²) >= 11 is 6.64. The molecule has 3 aromatic carbocycles. The summed E-state index contributed by atoms with van der Waals surface area (Å²) in [4.78, 5) is 0.190. The highest BCUT2D eigenvalue weighted by atomic mass is 79.9. The van der Waals surface area contributed by atoms with Crippen molar-refractivity contribution in [3.63, 3.8) is 0 Å². The van der Waals surface area contributed by atoms with Crippen LogP contribution in [0.15, 0.2) is 74.5 Å². The maximum atomic E-state index is 12.7. The van der Waals surface area contributed by atoms with Gasteiger partial charge in [-0.2, -0.15) is 0 Å². The molecule has 3 aromatic rings. The lowest BCUT2D eigenvalue weighted by atomic mass is 10.1. The lowest BCUT2D eigenvalue weighted by Crippen LogP contribution is -2.14. The Labute approximate surface area is 145 Å². The number of fused-ring (bicyclic) bond motifs is 1. The van der Waals surface area contributed by atoms with Gasteiger partial charge in [-0.1, -0.05) is 42.5 Å². The summed E-state index contributed by atoms with van der Waals surface area (Å²) in [6.07, 6.45) is 0. The van der Waals surface area contributed by atoms with Crippen LogP contribution < -0.4 is 4.72 Å². The minimum atomic E-state index is -3.68. The van der Waals surface area contributed by atoms with E-state index in [1.54, 1.807) is 24.3 Å². The number of sulfonamides is 1. The predicted molar refractivity (Wildman–Crippen MR) is 96.6 cm³/mol. The molecule has 6 heteroatoms. The van der Waals surface area contributed by atoms with Gasteiger partial charge in [-0.25, -0.2) is 8.42 Å². The van der Waals surface area contributed by atoms with Crippen molar-refractivity contribution in [3.8, 4) is 0 Å². The molecule has 112 valence electrons. The summed E-state index contributed by atoms with van der Waals surface area (Å²) in [7, 11) is -3.68. The average molecular weight is 441 g/mol. The highest BCUT2D eigenvalue weighted by Gasteiger charge is 2.19. The molecule has 0 unspecified atom stereocenters. The van der Waals surface area contributed by atoms with Crippen LogP contribution in [0.2, 0.25) is 0 Å². The second kappa shape index (κ2) is 6.02. The molecule has 0 bridgehead atoms. The lowest BCUT2D eigenvalue weighted by Gasteiger charge is -2.12. The van der Waals surface area contributed by atoms with Gasteiger partial charge in [0.15, 0.2) is 0 Å². The maximum absolute atomic E-state index is 12.7. The van der Waals surface area contributed by atoms with Crippen LogP contribution in [-0.2, 0) is 10.0 Å². The Morgan fingerprint density at radius 3 is 2.32 bits per heavy atom. The van der Waals surface area contributed by atoms with Gasteiger partial charge in [0.1, 0.15) is 4.90 Å². The van der Waals surface area contributed by atoms with Gasteiger partial charge in [-0.05, 0) is 55.4 Å². The molecule has 3 rings (SSSR count). The number of hydrogen-bond donors (Lipinski definition) is 1. The van der Waals surface area contributed by atoms with Gasteiger partial charge < -0.3 is 0 Å². The third-order valence-electron chi connectivity index (χ3n) is 3.24. The van der Waals surface area contributed by atoms with E-state index in [0.29, 0.717) is 14.6 Å². The molecule has 0 aromatic heterocycles. The second-order valence-corrected chi connectivity index (χ2v) is 7.98. The Kier molecular flexibility index (Phi) is 4.25. The first-order chi connectivity index (χ1) is 10.5. The molecule has 0 heterocycles. The second-order valence-electron chi connectivity index (χ2n) is 4.68. The third-order valence-corrected chi connectivity index (χ3v) is 6.96. The topological polar surface area (TPSA) is 46.2 Å². The summed E-state index contributed by atoms with van der Waals surface area (Å²) in [5.41, 5.74) is 0.560. The molecule has 0 spiro atoms. The van der Waals surface area contributed by atoms with Crippen molar-refractivity contribution < 1.29 is 8.42 Å². The quantitative estimate of drug-likeness (QED) is 0.610. The normalized spacial score (nSPS) is 11.5. The smallest absolute Gasteiger partial charge is 0.263 e. The third kappa shape index (κ3) is 2.91. The largest absolute Gasteiger partial charge is 0.279 e. The Balaban J connectivity index is 2.09. The van der Waals surface area contributed by atoms with Gasteiger partial charge in [0.25, 0.3) is 10.0 Å². The molecule has 0 aliphatic rings. The molecule has 3 nitrogen and oxygen atoms in total. The number of anilines is 1. The molecule has 0 saturated heterocycles. The van der Waals surface area contributed by atoms with Crippen molar-refractivity contribution in [1.29, 1.82) is 0 Å². The first kappa shape index (κ1) is 15.5. The van der Waals surface area contributed by atoms with Gasteiger partial charge >= 0.3 is 0 Å². The lowest BCUT2D eigenvalue weighted by molar-refractivity contribution is 0.600. The molecule has 0 amide bonds. The number of halogens is 2. The fourth-order valence-electron chi connectivity index (χ4n) is 2.21. The van der Waals surface area contributed by atoms with E-state index in [4.69, 9.17) is 0 Å². The van der Waals surface area contributed by atoms with E-state index in [2.05, 4.69) is 36.6 Å². The summed E-state index contributed by atoms with van der Waals surface area (Å²) < 4.78 is 29.2. The van der Waals surface area contributed by atoms with Gasteiger partial charge in [0.05, 0.1) is 10.2 Å². The summed E-state index contributed by atoms with van der Waals surface area (Å²) in [6, 6.07) is 18.2. The molecular formula is C16H11Br2NO2S. The number of hydrogen-bond acceptors (Lipinski definition) is 2. The Hall–Kier alpha value is -1.37. The highest BCUT2D eigenvalue weighted by Crippen LogP contribution is 2.32. The van der Waals surface area contributed by atoms with E-state index in [-0.39, 0.29) is 4.90 Å². The van der Waals surface area contributed by atoms with Crippen LogP contribution in [0.1, 0.15) is 0 Å². The standard InChI is InChI=1S/C16H11Br2NO2S/c17-13-8-4-10-15(16(13)18)22(20,21)19-14-9-3-6-11-5-1-2-7-12(11)14/h1-10,19H. The number of nitrogens with one attached hydrogen (secondary N) is 1. The van der Waals surface area contributed by atoms with Crippen LogP contribution in [0, 0.1) is 0 Å². The van der Waals surface area contributed by atoms with Crippen LogP contribution in [-0.4, -0.2) is 8.42 Å². The van der Waals surface area contributed by atoms with Gasteiger partial charge in [-0.3, -0.25) is 4.72 Å². The van der Waals surface area contributed by atoms with Crippen LogP contribution >= 0.6 is 31.9 Å². The Bertz CT molecular complexity index is 950. The molecule has 22 heavy (non-hydrogen) atoms. The first-order valence-electron chi connectivity index (χ1n) is 6.43. The number of rotatable bonds is 3. The Morgan fingerprint density at radius 2 is 1.50 bits per heavy atom. The molecule has 0 aliphatic heterocycles. The van der Waals surface area contributed by atoms with E-state index in [1.165, 1.54) is 0 Å². The van der Waals surface area contributed by atoms with E-state index in [9.17, 15) is 8.42 Å². The molecule has 0 atom stereocenters. The monoisotopic (exact) mass is 439 g/mol. The van der Waals surface area contributed by atoms with Crippen molar-refractivity contribution in [2.45, 2.75) is 4.90 Å². The Morgan fingerprint density at radius 1 is 0.818 bits per heavy atom. The number of benzene rings is 3. The fraction of sp³-hybridized carbons (Fsp3) is 0. The fourth-order valence-corrected chi connectivity index (χ4v) is 4.79. The van der Waals surface area contributed by atoms with Crippen LogP contribution in [0.4, 0.5) is 5.69 Å². The van der Waals surface area contributed by atoms with Crippen molar-refractivity contribution in [1.82, 2.24) is 0 Å². The van der Waals surface area contributed by atoms with Gasteiger partial charge in [0.2, 0.25) is 0 Å². The zero-order valence-corrected chi connectivity index (χ0v) is 15.2. The minimum absolute atomic E-state index is 0.190.